The van der Waals surface area contributed by atoms with Crippen LogP contribution in [-0.4, -0.2) is 14.5 Å². The van der Waals surface area contributed by atoms with Crippen LogP contribution in [-0.2, 0) is 10.0 Å². The maximum absolute atomic E-state index is 12.5. The molecule has 6 heteroatoms. The van der Waals surface area contributed by atoms with Crippen LogP contribution in [0.15, 0.2) is 29.2 Å². The van der Waals surface area contributed by atoms with Crippen molar-refractivity contribution in [1.29, 1.82) is 0 Å². The first kappa shape index (κ1) is 15.3. The molecule has 3 atom stereocenters. The molecule has 5 nitrogen and oxygen atoms in total. The fraction of sp³-hybridized carbons (Fsp3) is 0.571. The Kier molecular flexibility index (Phi) is 4.67. The van der Waals surface area contributed by atoms with E-state index < -0.39 is 10.0 Å². The number of anilines is 1. The lowest BCUT2D eigenvalue weighted by Crippen LogP contribution is -2.40. The van der Waals surface area contributed by atoms with Gasteiger partial charge in [-0.3, -0.25) is 5.84 Å². The molecule has 1 fully saturated rings. The zero-order chi connectivity index (χ0) is 14.8. The summed E-state index contributed by atoms with van der Waals surface area (Å²) in [6, 6.07) is 6.67. The molecule has 2 rings (SSSR count). The molecule has 0 bridgehead atoms. The molecule has 0 aliphatic heterocycles. The van der Waals surface area contributed by atoms with E-state index in [1.807, 2.05) is 0 Å². The summed E-state index contributed by atoms with van der Waals surface area (Å²) < 4.78 is 27.7. The number of sulfonamides is 1. The van der Waals surface area contributed by atoms with E-state index in [1.54, 1.807) is 24.3 Å². The number of benzene rings is 1. The van der Waals surface area contributed by atoms with Crippen LogP contribution in [0.1, 0.15) is 33.1 Å². The first-order chi connectivity index (χ1) is 9.44. The van der Waals surface area contributed by atoms with Gasteiger partial charge in [-0.15, -0.1) is 0 Å². The standard InChI is InChI=1S/C14H23N3O2S/c1-10-7-8-12(9-11(10)2)17-20(18,19)14-6-4-3-5-13(14)16-15/h3-6,10-12,16-17H,7-9,15H2,1-2H3. The number of para-hydroxylation sites is 1. The molecule has 4 N–H and O–H groups in total. The summed E-state index contributed by atoms with van der Waals surface area (Å²) in [5.41, 5.74) is 2.85. The minimum absolute atomic E-state index is 0.0111. The average Bonchev–Trinajstić information content (AvgIpc) is 2.42. The Morgan fingerprint density at radius 1 is 1.15 bits per heavy atom. The second kappa shape index (κ2) is 6.11. The molecule has 0 saturated heterocycles. The summed E-state index contributed by atoms with van der Waals surface area (Å²) in [4.78, 5) is 0.203. The predicted octanol–water partition coefficient (Wildman–Crippen LogP) is 2.08. The van der Waals surface area contributed by atoms with E-state index in [-0.39, 0.29) is 10.9 Å². The van der Waals surface area contributed by atoms with E-state index in [2.05, 4.69) is 24.0 Å². The summed E-state index contributed by atoms with van der Waals surface area (Å²) in [5, 5.41) is 0. The SMILES string of the molecule is CC1CCC(NS(=O)(=O)c2ccccc2NN)CC1C. The van der Waals surface area contributed by atoms with Crippen LogP contribution < -0.4 is 16.0 Å². The van der Waals surface area contributed by atoms with Crippen molar-refractivity contribution in [3.63, 3.8) is 0 Å². The second-order valence-electron chi connectivity index (χ2n) is 5.73. The Morgan fingerprint density at radius 3 is 2.50 bits per heavy atom. The number of nitrogen functional groups attached to an aromatic ring is 1. The molecular weight excluding hydrogens is 274 g/mol. The van der Waals surface area contributed by atoms with Gasteiger partial charge in [-0.1, -0.05) is 26.0 Å². The maximum Gasteiger partial charge on any atom is 0.242 e. The van der Waals surface area contributed by atoms with Crippen LogP contribution in [0.5, 0.6) is 0 Å². The van der Waals surface area contributed by atoms with Crippen molar-refractivity contribution < 1.29 is 8.42 Å². The van der Waals surface area contributed by atoms with Gasteiger partial charge in [0.2, 0.25) is 10.0 Å². The maximum atomic E-state index is 12.5. The van der Waals surface area contributed by atoms with Crippen LogP contribution in [0.4, 0.5) is 5.69 Å². The summed E-state index contributed by atoms with van der Waals surface area (Å²) >= 11 is 0. The Balaban J connectivity index is 2.15. The van der Waals surface area contributed by atoms with Crippen molar-refractivity contribution in [2.45, 2.75) is 44.0 Å². The molecule has 0 radical (unpaired) electrons. The van der Waals surface area contributed by atoms with Crippen LogP contribution in [0.3, 0.4) is 0 Å². The average molecular weight is 297 g/mol. The van der Waals surface area contributed by atoms with Gasteiger partial charge in [0, 0.05) is 6.04 Å². The highest BCUT2D eigenvalue weighted by Gasteiger charge is 2.29. The highest BCUT2D eigenvalue weighted by atomic mass is 32.2. The summed E-state index contributed by atoms with van der Waals surface area (Å²) in [5.74, 6) is 6.58. The van der Waals surface area contributed by atoms with Gasteiger partial charge < -0.3 is 5.43 Å². The van der Waals surface area contributed by atoms with Crippen LogP contribution >= 0.6 is 0 Å². The minimum atomic E-state index is -3.54. The number of nitrogens with two attached hydrogens (primary N) is 1. The van der Waals surface area contributed by atoms with Crippen molar-refractivity contribution in [2.75, 3.05) is 5.43 Å². The molecule has 1 aliphatic rings. The third kappa shape index (κ3) is 3.31. The molecule has 1 aromatic carbocycles. The van der Waals surface area contributed by atoms with Crippen LogP contribution in [0, 0.1) is 11.8 Å². The number of hydrogen-bond acceptors (Lipinski definition) is 4. The van der Waals surface area contributed by atoms with Gasteiger partial charge >= 0.3 is 0 Å². The van der Waals surface area contributed by atoms with Crippen molar-refractivity contribution in [3.8, 4) is 0 Å². The predicted molar refractivity (Wildman–Crippen MR) is 80.5 cm³/mol. The van der Waals surface area contributed by atoms with Gasteiger partial charge in [-0.05, 0) is 43.2 Å². The molecule has 0 spiro atoms. The summed E-state index contributed by atoms with van der Waals surface area (Å²) in [6.07, 6.45) is 2.84. The van der Waals surface area contributed by atoms with Crippen molar-refractivity contribution in [3.05, 3.63) is 24.3 Å². The van der Waals surface area contributed by atoms with E-state index in [9.17, 15) is 8.42 Å². The monoisotopic (exact) mass is 297 g/mol. The summed E-state index contributed by atoms with van der Waals surface area (Å²) in [6.45, 7) is 4.41. The molecule has 1 aliphatic carbocycles. The van der Waals surface area contributed by atoms with Gasteiger partial charge in [0.05, 0.1) is 5.69 Å². The van der Waals surface area contributed by atoms with E-state index in [4.69, 9.17) is 5.84 Å². The zero-order valence-electron chi connectivity index (χ0n) is 12.0. The molecule has 1 aromatic rings. The Hall–Kier alpha value is -1.11. The Bertz CT molecular complexity index is 559. The van der Waals surface area contributed by atoms with Crippen molar-refractivity contribution >= 4 is 15.7 Å². The highest BCUT2D eigenvalue weighted by molar-refractivity contribution is 7.89. The third-order valence-electron chi connectivity index (χ3n) is 4.25. The highest BCUT2D eigenvalue weighted by Crippen LogP contribution is 2.30. The van der Waals surface area contributed by atoms with E-state index >= 15 is 0 Å². The fourth-order valence-electron chi connectivity index (χ4n) is 2.76. The fourth-order valence-corrected chi connectivity index (χ4v) is 4.21. The topological polar surface area (TPSA) is 84.2 Å². The molecule has 3 unspecified atom stereocenters. The molecule has 112 valence electrons. The normalized spacial score (nSPS) is 27.2. The van der Waals surface area contributed by atoms with E-state index in [1.165, 1.54) is 0 Å². The number of nitrogens with one attached hydrogen (secondary N) is 2. The number of hydrogen-bond donors (Lipinski definition) is 3. The molecular formula is C14H23N3O2S. The molecule has 20 heavy (non-hydrogen) atoms. The lowest BCUT2D eigenvalue weighted by molar-refractivity contribution is 0.242. The zero-order valence-corrected chi connectivity index (χ0v) is 12.8. The first-order valence-electron chi connectivity index (χ1n) is 7.02. The van der Waals surface area contributed by atoms with Gasteiger partial charge in [-0.2, -0.15) is 0 Å². The van der Waals surface area contributed by atoms with Crippen LogP contribution in [0.2, 0.25) is 0 Å². The molecule has 0 amide bonds. The lowest BCUT2D eigenvalue weighted by Gasteiger charge is -2.32. The Morgan fingerprint density at radius 2 is 1.85 bits per heavy atom. The minimum Gasteiger partial charge on any atom is -0.323 e. The molecule has 0 aromatic heterocycles. The summed E-state index contributed by atoms with van der Waals surface area (Å²) in [7, 11) is -3.54. The van der Waals surface area contributed by atoms with E-state index in [0.717, 1.165) is 19.3 Å². The third-order valence-corrected chi connectivity index (χ3v) is 5.83. The van der Waals surface area contributed by atoms with E-state index in [0.29, 0.717) is 17.5 Å². The number of hydrazine groups is 1. The number of rotatable bonds is 4. The first-order valence-corrected chi connectivity index (χ1v) is 8.50. The van der Waals surface area contributed by atoms with Gasteiger partial charge in [0.15, 0.2) is 0 Å². The quantitative estimate of drug-likeness (QED) is 0.587. The second-order valence-corrected chi connectivity index (χ2v) is 7.41. The van der Waals surface area contributed by atoms with Gasteiger partial charge in [-0.25, -0.2) is 13.1 Å². The molecule has 1 saturated carbocycles. The van der Waals surface area contributed by atoms with Gasteiger partial charge in [0.25, 0.3) is 0 Å². The smallest absolute Gasteiger partial charge is 0.242 e. The van der Waals surface area contributed by atoms with Crippen molar-refractivity contribution in [2.24, 2.45) is 17.7 Å². The van der Waals surface area contributed by atoms with Crippen molar-refractivity contribution in [1.82, 2.24) is 4.72 Å². The van der Waals surface area contributed by atoms with Crippen LogP contribution in [0.25, 0.3) is 0 Å². The Labute approximate surface area is 121 Å². The van der Waals surface area contributed by atoms with Gasteiger partial charge in [0.1, 0.15) is 4.90 Å². The lowest BCUT2D eigenvalue weighted by atomic mass is 9.79. The molecule has 0 heterocycles. The largest absolute Gasteiger partial charge is 0.323 e.